The molecule has 0 spiro atoms. The average Bonchev–Trinajstić information content (AvgIpc) is 2.85. The van der Waals surface area contributed by atoms with Crippen molar-refractivity contribution < 1.29 is 14.3 Å². The highest BCUT2D eigenvalue weighted by molar-refractivity contribution is 7.99. The largest absolute Gasteiger partial charge is 0.494 e. The van der Waals surface area contributed by atoms with Gasteiger partial charge in [0.05, 0.1) is 35.7 Å². The van der Waals surface area contributed by atoms with E-state index in [4.69, 9.17) is 9.47 Å². The topological polar surface area (TPSA) is 95.3 Å². The van der Waals surface area contributed by atoms with Crippen LogP contribution in [-0.4, -0.2) is 39.4 Å². The van der Waals surface area contributed by atoms with Crippen molar-refractivity contribution in [3.05, 3.63) is 77.2 Å². The predicted molar refractivity (Wildman–Crippen MR) is 133 cm³/mol. The molecule has 8 nitrogen and oxygen atoms in total. The Hall–Kier alpha value is -3.85. The number of anilines is 1. The lowest BCUT2D eigenvalue weighted by Gasteiger charge is -2.14. The van der Waals surface area contributed by atoms with E-state index >= 15 is 0 Å². The SMILES string of the molecule is CCOc1ccc(-n2c(SCC(=O)Nc3ccccc3OCC)nc3ncccc3c2=O)cc1. The van der Waals surface area contributed by atoms with Crippen molar-refractivity contribution in [2.45, 2.75) is 19.0 Å². The van der Waals surface area contributed by atoms with E-state index in [-0.39, 0.29) is 17.2 Å². The first-order chi connectivity index (χ1) is 16.6. The Morgan fingerprint density at radius 2 is 1.76 bits per heavy atom. The molecule has 0 saturated carbocycles. The van der Waals surface area contributed by atoms with Crippen LogP contribution in [0.5, 0.6) is 11.5 Å². The number of carbonyl (C=O) groups is 1. The second-order valence-corrected chi connectivity index (χ2v) is 8.04. The Bertz CT molecular complexity index is 1360. The predicted octanol–water partition coefficient (Wildman–Crippen LogP) is 4.31. The minimum Gasteiger partial charge on any atom is -0.494 e. The van der Waals surface area contributed by atoms with Gasteiger partial charge >= 0.3 is 0 Å². The smallest absolute Gasteiger partial charge is 0.268 e. The fraction of sp³-hybridized carbons (Fsp3) is 0.200. The molecule has 4 aromatic rings. The maximum Gasteiger partial charge on any atom is 0.268 e. The highest BCUT2D eigenvalue weighted by Crippen LogP contribution is 2.25. The zero-order chi connectivity index (χ0) is 23.9. The number of para-hydroxylation sites is 2. The normalized spacial score (nSPS) is 10.8. The number of fused-ring (bicyclic) bond motifs is 1. The molecule has 0 aliphatic heterocycles. The van der Waals surface area contributed by atoms with Gasteiger partial charge in [-0.25, -0.2) is 9.97 Å². The summed E-state index contributed by atoms with van der Waals surface area (Å²) in [5.74, 6) is 1.10. The van der Waals surface area contributed by atoms with Crippen molar-refractivity contribution in [3.8, 4) is 17.2 Å². The Kier molecular flexibility index (Phi) is 7.44. The van der Waals surface area contributed by atoms with Crippen molar-refractivity contribution in [2.75, 3.05) is 24.3 Å². The van der Waals surface area contributed by atoms with E-state index in [2.05, 4.69) is 15.3 Å². The van der Waals surface area contributed by atoms with Gasteiger partial charge < -0.3 is 14.8 Å². The summed E-state index contributed by atoms with van der Waals surface area (Å²) in [5.41, 5.74) is 1.29. The fourth-order valence-electron chi connectivity index (χ4n) is 3.35. The van der Waals surface area contributed by atoms with Gasteiger partial charge in [0.2, 0.25) is 5.91 Å². The monoisotopic (exact) mass is 476 g/mol. The summed E-state index contributed by atoms with van der Waals surface area (Å²) in [6, 6.07) is 17.8. The molecule has 0 bridgehead atoms. The van der Waals surface area contributed by atoms with Crippen LogP contribution in [-0.2, 0) is 4.79 Å². The van der Waals surface area contributed by atoms with Crippen molar-refractivity contribution in [3.63, 3.8) is 0 Å². The van der Waals surface area contributed by atoms with Crippen molar-refractivity contribution in [1.82, 2.24) is 14.5 Å². The van der Waals surface area contributed by atoms with Gasteiger partial charge in [-0.3, -0.25) is 14.2 Å². The van der Waals surface area contributed by atoms with Crippen LogP contribution in [0.15, 0.2) is 76.8 Å². The molecule has 0 aliphatic carbocycles. The number of nitrogens with one attached hydrogen (secondary N) is 1. The van der Waals surface area contributed by atoms with Gasteiger partial charge in [0.15, 0.2) is 10.8 Å². The zero-order valence-corrected chi connectivity index (χ0v) is 19.7. The quantitative estimate of drug-likeness (QED) is 0.284. The van der Waals surface area contributed by atoms with E-state index in [0.717, 1.165) is 11.8 Å². The Morgan fingerprint density at radius 3 is 2.53 bits per heavy atom. The molecule has 1 amide bonds. The third-order valence-electron chi connectivity index (χ3n) is 4.81. The summed E-state index contributed by atoms with van der Waals surface area (Å²) in [7, 11) is 0. The number of aromatic nitrogens is 3. The number of benzene rings is 2. The summed E-state index contributed by atoms with van der Waals surface area (Å²) in [4.78, 5) is 34.9. The summed E-state index contributed by atoms with van der Waals surface area (Å²) in [6.07, 6.45) is 1.59. The second kappa shape index (κ2) is 10.8. The minimum atomic E-state index is -0.258. The number of hydrogen-bond acceptors (Lipinski definition) is 7. The van der Waals surface area contributed by atoms with Gasteiger partial charge in [-0.2, -0.15) is 0 Å². The molecule has 2 aromatic heterocycles. The number of thioether (sulfide) groups is 1. The zero-order valence-electron chi connectivity index (χ0n) is 18.9. The Balaban J connectivity index is 1.63. The molecule has 174 valence electrons. The number of rotatable bonds is 9. The average molecular weight is 477 g/mol. The van der Waals surface area contributed by atoms with Crippen LogP contribution in [0.1, 0.15) is 13.8 Å². The van der Waals surface area contributed by atoms with Gasteiger partial charge in [0, 0.05) is 6.20 Å². The van der Waals surface area contributed by atoms with E-state index in [0.29, 0.717) is 52.3 Å². The lowest BCUT2D eigenvalue weighted by molar-refractivity contribution is -0.113. The summed E-state index contributed by atoms with van der Waals surface area (Å²) in [5, 5.41) is 3.63. The lowest BCUT2D eigenvalue weighted by atomic mass is 10.3. The van der Waals surface area contributed by atoms with E-state index < -0.39 is 0 Å². The molecule has 1 N–H and O–H groups in total. The molecule has 34 heavy (non-hydrogen) atoms. The molecule has 0 aliphatic rings. The van der Waals surface area contributed by atoms with Crippen LogP contribution in [0.4, 0.5) is 5.69 Å². The first-order valence-electron chi connectivity index (χ1n) is 10.9. The number of pyridine rings is 1. The molecule has 0 saturated heterocycles. The third-order valence-corrected chi connectivity index (χ3v) is 5.75. The summed E-state index contributed by atoms with van der Waals surface area (Å²) in [6.45, 7) is 4.83. The molecule has 4 rings (SSSR count). The number of amides is 1. The molecule has 0 radical (unpaired) electrons. The third kappa shape index (κ3) is 5.20. The van der Waals surface area contributed by atoms with Crippen LogP contribution in [0.25, 0.3) is 16.7 Å². The number of nitrogens with zero attached hydrogens (tertiary/aromatic N) is 3. The Labute approximate surface area is 201 Å². The summed E-state index contributed by atoms with van der Waals surface area (Å²) >= 11 is 1.16. The molecule has 9 heteroatoms. The highest BCUT2D eigenvalue weighted by Gasteiger charge is 2.16. The van der Waals surface area contributed by atoms with Crippen LogP contribution < -0.4 is 20.3 Å². The maximum absolute atomic E-state index is 13.3. The van der Waals surface area contributed by atoms with Crippen molar-refractivity contribution >= 4 is 34.4 Å². The maximum atomic E-state index is 13.3. The van der Waals surface area contributed by atoms with Gasteiger partial charge in [-0.05, 0) is 62.4 Å². The molecular formula is C25H24N4O4S. The molecule has 0 unspecified atom stereocenters. The first-order valence-corrected chi connectivity index (χ1v) is 11.8. The summed E-state index contributed by atoms with van der Waals surface area (Å²) < 4.78 is 12.6. The van der Waals surface area contributed by atoms with Gasteiger partial charge in [-0.15, -0.1) is 0 Å². The molecule has 0 fully saturated rings. The lowest BCUT2D eigenvalue weighted by Crippen LogP contribution is -2.23. The molecule has 2 aromatic carbocycles. The minimum absolute atomic E-state index is 0.0439. The van der Waals surface area contributed by atoms with Crippen LogP contribution >= 0.6 is 11.8 Å². The fourth-order valence-corrected chi connectivity index (χ4v) is 4.15. The van der Waals surface area contributed by atoms with E-state index in [1.54, 1.807) is 54.7 Å². The molecule has 0 atom stereocenters. The first kappa shape index (κ1) is 23.3. The van der Waals surface area contributed by atoms with Gasteiger partial charge in [0.25, 0.3) is 5.56 Å². The molecular weight excluding hydrogens is 452 g/mol. The van der Waals surface area contributed by atoms with Crippen molar-refractivity contribution in [1.29, 1.82) is 0 Å². The van der Waals surface area contributed by atoms with E-state index in [1.807, 2.05) is 26.0 Å². The van der Waals surface area contributed by atoms with Gasteiger partial charge in [0.1, 0.15) is 11.5 Å². The van der Waals surface area contributed by atoms with E-state index in [1.165, 1.54) is 4.57 Å². The standard InChI is InChI=1S/C25H24N4O4S/c1-3-32-18-13-11-17(12-14-18)29-24(31)19-8-7-15-26-23(19)28-25(29)34-16-22(30)27-20-9-5-6-10-21(20)33-4-2/h5-15H,3-4,16H2,1-2H3,(H,27,30). The molecule has 2 heterocycles. The highest BCUT2D eigenvalue weighted by atomic mass is 32.2. The number of carbonyl (C=O) groups excluding carboxylic acids is 1. The van der Waals surface area contributed by atoms with Crippen LogP contribution in [0, 0.1) is 0 Å². The van der Waals surface area contributed by atoms with Crippen molar-refractivity contribution in [2.24, 2.45) is 0 Å². The Morgan fingerprint density at radius 1 is 1.00 bits per heavy atom. The number of hydrogen-bond donors (Lipinski definition) is 1. The number of ether oxygens (including phenoxy) is 2. The van der Waals surface area contributed by atoms with Crippen LogP contribution in [0.3, 0.4) is 0 Å². The van der Waals surface area contributed by atoms with Gasteiger partial charge in [-0.1, -0.05) is 23.9 Å². The van der Waals surface area contributed by atoms with E-state index in [9.17, 15) is 9.59 Å². The van der Waals surface area contributed by atoms with Crippen LogP contribution in [0.2, 0.25) is 0 Å². The second-order valence-electron chi connectivity index (χ2n) is 7.10.